The molecule has 20 heavy (non-hydrogen) atoms. The zero-order chi connectivity index (χ0) is 14.4. The van der Waals surface area contributed by atoms with Gasteiger partial charge in [-0.15, -0.1) is 0 Å². The van der Waals surface area contributed by atoms with Crippen LogP contribution < -0.4 is 5.43 Å². The number of carbonyl (C=O) groups is 1. The molecular weight excluding hydrogens is 254 g/mol. The second-order valence-corrected chi connectivity index (χ2v) is 3.95. The van der Waals surface area contributed by atoms with Gasteiger partial charge in [0.15, 0.2) is 0 Å². The van der Waals surface area contributed by atoms with E-state index in [2.05, 4.69) is 10.5 Å². The molecule has 1 amide bonds. The van der Waals surface area contributed by atoms with Crippen LogP contribution in [0.4, 0.5) is 0 Å². The number of hydrogen-bond acceptors (Lipinski definition) is 4. The fourth-order valence-electron chi connectivity index (χ4n) is 1.52. The molecule has 0 aliphatic heterocycles. The summed E-state index contributed by atoms with van der Waals surface area (Å²) in [4.78, 5) is 11.7. The number of para-hydroxylation sites is 1. The van der Waals surface area contributed by atoms with Gasteiger partial charge in [-0.2, -0.15) is 10.4 Å². The Morgan fingerprint density at radius 3 is 2.55 bits per heavy atom. The van der Waals surface area contributed by atoms with Crippen molar-refractivity contribution in [2.24, 2.45) is 5.10 Å². The third kappa shape index (κ3) is 3.21. The maximum atomic E-state index is 11.7. The molecule has 0 fully saturated rings. The van der Waals surface area contributed by atoms with E-state index in [-0.39, 0.29) is 11.7 Å². The molecule has 2 N–H and O–H groups in total. The van der Waals surface area contributed by atoms with Crippen LogP contribution in [0, 0.1) is 11.3 Å². The van der Waals surface area contributed by atoms with E-state index in [4.69, 9.17) is 5.26 Å². The highest BCUT2D eigenvalue weighted by atomic mass is 16.3. The van der Waals surface area contributed by atoms with Gasteiger partial charge in [-0.25, -0.2) is 5.43 Å². The Hall–Kier alpha value is -3.13. The number of hydrazone groups is 1. The first-order chi connectivity index (χ1) is 9.70. The maximum absolute atomic E-state index is 11.7. The van der Waals surface area contributed by atoms with Crippen molar-refractivity contribution < 1.29 is 9.90 Å². The number of nitriles is 1. The van der Waals surface area contributed by atoms with Gasteiger partial charge in [-0.1, -0.05) is 12.1 Å². The van der Waals surface area contributed by atoms with Gasteiger partial charge in [0.2, 0.25) is 0 Å². The van der Waals surface area contributed by atoms with Crippen LogP contribution in [0.25, 0.3) is 0 Å². The Kier molecular flexibility index (Phi) is 4.10. The normalized spacial score (nSPS) is 10.2. The summed E-state index contributed by atoms with van der Waals surface area (Å²) in [6.07, 6.45) is 1.36. The van der Waals surface area contributed by atoms with Crippen molar-refractivity contribution in [2.75, 3.05) is 0 Å². The van der Waals surface area contributed by atoms with Gasteiger partial charge < -0.3 is 5.11 Å². The van der Waals surface area contributed by atoms with Crippen molar-refractivity contribution >= 4 is 12.1 Å². The number of nitrogens with one attached hydrogen (secondary N) is 1. The standard InChI is InChI=1S/C15H11N3O2/c16-9-11-5-7-12(8-6-11)15(20)18-17-10-13-3-1-2-4-14(13)19/h1-8,10,19H,(H,18,20). The smallest absolute Gasteiger partial charge is 0.271 e. The highest BCUT2D eigenvalue weighted by molar-refractivity contribution is 5.95. The molecule has 5 heteroatoms. The minimum Gasteiger partial charge on any atom is -0.507 e. The lowest BCUT2D eigenvalue weighted by Gasteiger charge is -2.00. The molecule has 0 unspecified atom stereocenters. The lowest BCUT2D eigenvalue weighted by molar-refractivity contribution is 0.0955. The monoisotopic (exact) mass is 265 g/mol. The van der Waals surface area contributed by atoms with Gasteiger partial charge in [0.25, 0.3) is 5.91 Å². The zero-order valence-corrected chi connectivity index (χ0v) is 10.4. The molecule has 0 aromatic heterocycles. The molecule has 2 aromatic carbocycles. The summed E-state index contributed by atoms with van der Waals surface area (Å²) in [6, 6.07) is 14.8. The second-order valence-electron chi connectivity index (χ2n) is 3.95. The number of hydrogen-bond donors (Lipinski definition) is 2. The van der Waals surface area contributed by atoms with E-state index in [1.54, 1.807) is 42.5 Å². The summed E-state index contributed by atoms with van der Waals surface area (Å²) >= 11 is 0. The Morgan fingerprint density at radius 2 is 1.90 bits per heavy atom. The van der Waals surface area contributed by atoms with Crippen LogP contribution in [0.5, 0.6) is 5.75 Å². The van der Waals surface area contributed by atoms with E-state index in [1.807, 2.05) is 6.07 Å². The first kappa shape index (κ1) is 13.3. The van der Waals surface area contributed by atoms with E-state index in [0.29, 0.717) is 16.7 Å². The highest BCUT2D eigenvalue weighted by Gasteiger charge is 2.03. The minimum absolute atomic E-state index is 0.0869. The van der Waals surface area contributed by atoms with E-state index >= 15 is 0 Å². The first-order valence-electron chi connectivity index (χ1n) is 5.82. The SMILES string of the molecule is N#Cc1ccc(C(=O)NN=Cc2ccccc2O)cc1. The third-order valence-electron chi connectivity index (χ3n) is 2.58. The molecule has 2 rings (SSSR count). The molecule has 5 nitrogen and oxygen atoms in total. The second kappa shape index (κ2) is 6.16. The predicted octanol–water partition coefficient (Wildman–Crippen LogP) is 2.03. The summed E-state index contributed by atoms with van der Waals surface area (Å²) in [6.45, 7) is 0. The van der Waals surface area contributed by atoms with Crippen LogP contribution in [0.15, 0.2) is 53.6 Å². The lowest BCUT2D eigenvalue weighted by atomic mass is 10.1. The molecule has 2 aromatic rings. The molecular formula is C15H11N3O2. The fourth-order valence-corrected chi connectivity index (χ4v) is 1.52. The van der Waals surface area contributed by atoms with Crippen molar-refractivity contribution in [3.63, 3.8) is 0 Å². The summed E-state index contributed by atoms with van der Waals surface area (Å²) in [5.41, 5.74) is 3.74. The summed E-state index contributed by atoms with van der Waals surface area (Å²) in [5, 5.41) is 22.0. The van der Waals surface area contributed by atoms with Crippen LogP contribution in [0.3, 0.4) is 0 Å². The van der Waals surface area contributed by atoms with Crippen LogP contribution in [0.1, 0.15) is 21.5 Å². The van der Waals surface area contributed by atoms with Gasteiger partial charge in [0, 0.05) is 11.1 Å². The number of phenols is 1. The van der Waals surface area contributed by atoms with Gasteiger partial charge in [-0.3, -0.25) is 4.79 Å². The highest BCUT2D eigenvalue weighted by Crippen LogP contribution is 2.12. The molecule has 0 atom stereocenters. The van der Waals surface area contributed by atoms with E-state index in [0.717, 1.165) is 0 Å². The Bertz CT molecular complexity index is 685. The summed E-state index contributed by atoms with van der Waals surface area (Å²) in [5.74, 6) is -0.301. The number of aromatic hydroxyl groups is 1. The van der Waals surface area contributed by atoms with Crippen LogP contribution in [-0.2, 0) is 0 Å². The molecule has 0 aliphatic carbocycles. The Labute approximate surface area is 115 Å². The van der Waals surface area contributed by atoms with Crippen LogP contribution in [0.2, 0.25) is 0 Å². The van der Waals surface area contributed by atoms with Crippen molar-refractivity contribution in [1.82, 2.24) is 5.43 Å². The van der Waals surface area contributed by atoms with Gasteiger partial charge in [0.05, 0.1) is 17.8 Å². The van der Waals surface area contributed by atoms with Crippen molar-refractivity contribution in [3.05, 3.63) is 65.2 Å². The average Bonchev–Trinajstić information content (AvgIpc) is 2.49. The number of nitrogens with zero attached hydrogens (tertiary/aromatic N) is 2. The largest absolute Gasteiger partial charge is 0.507 e. The predicted molar refractivity (Wildman–Crippen MR) is 74.3 cm³/mol. The molecule has 0 heterocycles. The fraction of sp³-hybridized carbons (Fsp3) is 0. The first-order valence-corrected chi connectivity index (χ1v) is 5.82. The molecule has 0 saturated carbocycles. The summed E-state index contributed by atoms with van der Waals surface area (Å²) in [7, 11) is 0. The third-order valence-corrected chi connectivity index (χ3v) is 2.58. The molecule has 0 saturated heterocycles. The number of carbonyl (C=O) groups excluding carboxylic acids is 1. The van der Waals surface area contributed by atoms with Crippen molar-refractivity contribution in [2.45, 2.75) is 0 Å². The van der Waals surface area contributed by atoms with E-state index in [9.17, 15) is 9.90 Å². The van der Waals surface area contributed by atoms with Crippen molar-refractivity contribution in [1.29, 1.82) is 5.26 Å². The van der Waals surface area contributed by atoms with Gasteiger partial charge in [0.1, 0.15) is 5.75 Å². The van der Waals surface area contributed by atoms with E-state index in [1.165, 1.54) is 12.3 Å². The topological polar surface area (TPSA) is 85.5 Å². The lowest BCUT2D eigenvalue weighted by Crippen LogP contribution is -2.17. The quantitative estimate of drug-likeness (QED) is 0.657. The Balaban J connectivity index is 2.02. The molecule has 0 spiro atoms. The zero-order valence-electron chi connectivity index (χ0n) is 10.4. The number of benzene rings is 2. The molecule has 0 radical (unpaired) electrons. The van der Waals surface area contributed by atoms with Gasteiger partial charge >= 0.3 is 0 Å². The summed E-state index contributed by atoms with van der Waals surface area (Å²) < 4.78 is 0. The number of rotatable bonds is 3. The molecule has 0 aliphatic rings. The van der Waals surface area contributed by atoms with Gasteiger partial charge in [-0.05, 0) is 36.4 Å². The number of phenolic OH excluding ortho intramolecular Hbond substituents is 1. The van der Waals surface area contributed by atoms with Crippen LogP contribution >= 0.6 is 0 Å². The van der Waals surface area contributed by atoms with E-state index < -0.39 is 0 Å². The average molecular weight is 265 g/mol. The van der Waals surface area contributed by atoms with Crippen LogP contribution in [-0.4, -0.2) is 17.2 Å². The number of amides is 1. The maximum Gasteiger partial charge on any atom is 0.271 e. The van der Waals surface area contributed by atoms with Crippen molar-refractivity contribution in [3.8, 4) is 11.8 Å². The molecule has 98 valence electrons. The Morgan fingerprint density at radius 1 is 1.20 bits per heavy atom. The molecule has 0 bridgehead atoms. The minimum atomic E-state index is -0.388.